The van der Waals surface area contributed by atoms with Gasteiger partial charge < -0.3 is 20.5 Å². The van der Waals surface area contributed by atoms with E-state index in [9.17, 15) is 0 Å². The van der Waals surface area contributed by atoms with E-state index in [1.807, 2.05) is 6.07 Å². The second-order valence-electron chi connectivity index (χ2n) is 3.95. The van der Waals surface area contributed by atoms with Crippen LogP contribution in [-0.4, -0.2) is 20.3 Å². The molecule has 1 rings (SSSR count). The molecule has 0 aliphatic rings. The van der Waals surface area contributed by atoms with E-state index in [2.05, 4.69) is 19.2 Å². The molecule has 0 unspecified atom stereocenters. The van der Waals surface area contributed by atoms with E-state index in [0.717, 1.165) is 18.5 Å². The zero-order valence-electron chi connectivity index (χ0n) is 11.0. The summed E-state index contributed by atoms with van der Waals surface area (Å²) in [6.07, 6.45) is 2.12. The number of anilines is 2. The first-order valence-electron chi connectivity index (χ1n) is 5.94. The minimum atomic E-state index is 0.426. The molecule has 4 nitrogen and oxygen atoms in total. The smallest absolute Gasteiger partial charge is 0.162 e. The first kappa shape index (κ1) is 13.5. The molecular weight excluding hydrogens is 216 g/mol. The SMILES string of the molecule is CCC(CC)Nc1cc(OC)c(OC)cc1N. The maximum absolute atomic E-state index is 5.98. The summed E-state index contributed by atoms with van der Waals surface area (Å²) >= 11 is 0. The highest BCUT2D eigenvalue weighted by molar-refractivity contribution is 5.72. The van der Waals surface area contributed by atoms with Gasteiger partial charge in [0.2, 0.25) is 0 Å². The van der Waals surface area contributed by atoms with Gasteiger partial charge in [0.25, 0.3) is 0 Å². The summed E-state index contributed by atoms with van der Waals surface area (Å²) in [6, 6.07) is 4.09. The molecular formula is C13H22N2O2. The number of methoxy groups -OCH3 is 2. The highest BCUT2D eigenvalue weighted by Gasteiger charge is 2.11. The van der Waals surface area contributed by atoms with Crippen molar-refractivity contribution < 1.29 is 9.47 Å². The van der Waals surface area contributed by atoms with Gasteiger partial charge in [-0.25, -0.2) is 0 Å². The van der Waals surface area contributed by atoms with Gasteiger partial charge in [0, 0.05) is 18.2 Å². The van der Waals surface area contributed by atoms with Gasteiger partial charge in [0.15, 0.2) is 11.5 Å². The second kappa shape index (κ2) is 6.23. The molecule has 0 fully saturated rings. The standard InChI is InChI=1S/C13H22N2O2/c1-5-9(6-2)15-11-8-13(17-4)12(16-3)7-10(11)14/h7-9,15H,5-6,14H2,1-4H3. The lowest BCUT2D eigenvalue weighted by Crippen LogP contribution is -2.18. The van der Waals surface area contributed by atoms with Gasteiger partial charge in [-0.3, -0.25) is 0 Å². The maximum Gasteiger partial charge on any atom is 0.162 e. The molecule has 0 atom stereocenters. The molecule has 1 aromatic carbocycles. The van der Waals surface area contributed by atoms with Crippen LogP contribution in [0.1, 0.15) is 26.7 Å². The Kier molecular flexibility index (Phi) is 4.94. The van der Waals surface area contributed by atoms with E-state index in [4.69, 9.17) is 15.2 Å². The van der Waals surface area contributed by atoms with Gasteiger partial charge in [-0.15, -0.1) is 0 Å². The van der Waals surface area contributed by atoms with E-state index >= 15 is 0 Å². The van der Waals surface area contributed by atoms with Crippen molar-refractivity contribution in [2.45, 2.75) is 32.7 Å². The Hall–Kier alpha value is -1.58. The highest BCUT2D eigenvalue weighted by Crippen LogP contribution is 2.35. The van der Waals surface area contributed by atoms with Crippen LogP contribution in [0.5, 0.6) is 11.5 Å². The lowest BCUT2D eigenvalue weighted by Gasteiger charge is -2.19. The lowest BCUT2D eigenvalue weighted by atomic mass is 10.1. The van der Waals surface area contributed by atoms with Crippen molar-refractivity contribution in [3.63, 3.8) is 0 Å². The van der Waals surface area contributed by atoms with Crippen molar-refractivity contribution in [2.75, 3.05) is 25.3 Å². The number of hydrogen-bond acceptors (Lipinski definition) is 4. The highest BCUT2D eigenvalue weighted by atomic mass is 16.5. The fourth-order valence-corrected chi connectivity index (χ4v) is 1.73. The Bertz CT molecular complexity index is 363. The molecule has 96 valence electrons. The number of nitrogens with two attached hydrogens (primary N) is 1. The molecule has 0 aliphatic heterocycles. The summed E-state index contributed by atoms with van der Waals surface area (Å²) in [5, 5.41) is 3.41. The Morgan fingerprint density at radius 1 is 1.12 bits per heavy atom. The fraction of sp³-hybridized carbons (Fsp3) is 0.538. The minimum Gasteiger partial charge on any atom is -0.493 e. The van der Waals surface area contributed by atoms with Crippen LogP contribution in [0.25, 0.3) is 0 Å². The third-order valence-corrected chi connectivity index (χ3v) is 2.90. The fourth-order valence-electron chi connectivity index (χ4n) is 1.73. The van der Waals surface area contributed by atoms with Gasteiger partial charge in [-0.1, -0.05) is 13.8 Å². The van der Waals surface area contributed by atoms with Crippen LogP contribution < -0.4 is 20.5 Å². The van der Waals surface area contributed by atoms with Crippen LogP contribution in [0, 0.1) is 0 Å². The van der Waals surface area contributed by atoms with Gasteiger partial charge in [0.05, 0.1) is 25.6 Å². The van der Waals surface area contributed by atoms with Crippen LogP contribution in [0.2, 0.25) is 0 Å². The summed E-state index contributed by atoms with van der Waals surface area (Å²) < 4.78 is 10.5. The zero-order valence-corrected chi connectivity index (χ0v) is 11.0. The van der Waals surface area contributed by atoms with Crippen LogP contribution in [-0.2, 0) is 0 Å². The molecule has 17 heavy (non-hydrogen) atoms. The summed E-state index contributed by atoms with van der Waals surface area (Å²) in [7, 11) is 3.22. The molecule has 4 heteroatoms. The molecule has 0 heterocycles. The van der Waals surface area contributed by atoms with Crippen LogP contribution in [0.15, 0.2) is 12.1 Å². The Labute approximate surface area is 103 Å². The topological polar surface area (TPSA) is 56.5 Å². The predicted octanol–water partition coefficient (Wildman–Crippen LogP) is 2.89. The molecule has 0 saturated carbocycles. The van der Waals surface area contributed by atoms with E-state index in [1.165, 1.54) is 0 Å². The normalized spacial score (nSPS) is 10.4. The van der Waals surface area contributed by atoms with Crippen molar-refractivity contribution >= 4 is 11.4 Å². The Morgan fingerprint density at radius 2 is 1.65 bits per heavy atom. The minimum absolute atomic E-state index is 0.426. The van der Waals surface area contributed by atoms with E-state index in [1.54, 1.807) is 20.3 Å². The summed E-state index contributed by atoms with van der Waals surface area (Å²) in [4.78, 5) is 0. The molecule has 0 spiro atoms. The van der Waals surface area contributed by atoms with Crippen molar-refractivity contribution in [3.05, 3.63) is 12.1 Å². The van der Waals surface area contributed by atoms with Gasteiger partial charge in [0.1, 0.15) is 0 Å². The molecule has 0 radical (unpaired) electrons. The zero-order chi connectivity index (χ0) is 12.8. The summed E-state index contributed by atoms with van der Waals surface area (Å²) in [6.45, 7) is 4.30. The van der Waals surface area contributed by atoms with Crippen LogP contribution in [0.3, 0.4) is 0 Å². The van der Waals surface area contributed by atoms with Crippen LogP contribution in [0.4, 0.5) is 11.4 Å². The molecule has 0 amide bonds. The average Bonchev–Trinajstić information content (AvgIpc) is 2.36. The van der Waals surface area contributed by atoms with Gasteiger partial charge >= 0.3 is 0 Å². The molecule has 0 bridgehead atoms. The van der Waals surface area contributed by atoms with Crippen molar-refractivity contribution in [1.82, 2.24) is 0 Å². The molecule has 3 N–H and O–H groups in total. The first-order valence-corrected chi connectivity index (χ1v) is 5.94. The number of hydrogen-bond donors (Lipinski definition) is 2. The maximum atomic E-state index is 5.98. The molecule has 0 saturated heterocycles. The van der Waals surface area contributed by atoms with E-state index in [0.29, 0.717) is 23.2 Å². The summed E-state index contributed by atoms with van der Waals surface area (Å²) in [5.74, 6) is 1.34. The van der Waals surface area contributed by atoms with Crippen molar-refractivity contribution in [1.29, 1.82) is 0 Å². The monoisotopic (exact) mass is 238 g/mol. The number of nitrogen functional groups attached to an aromatic ring is 1. The van der Waals surface area contributed by atoms with E-state index < -0.39 is 0 Å². The predicted molar refractivity (Wildman–Crippen MR) is 72.0 cm³/mol. The summed E-state index contributed by atoms with van der Waals surface area (Å²) in [5.41, 5.74) is 7.56. The van der Waals surface area contributed by atoms with Gasteiger partial charge in [-0.2, -0.15) is 0 Å². The number of ether oxygens (including phenoxy) is 2. The number of benzene rings is 1. The number of nitrogens with one attached hydrogen (secondary N) is 1. The average molecular weight is 238 g/mol. The Balaban J connectivity index is 2.99. The van der Waals surface area contributed by atoms with E-state index in [-0.39, 0.29) is 0 Å². The first-order chi connectivity index (χ1) is 8.15. The lowest BCUT2D eigenvalue weighted by molar-refractivity contribution is 0.355. The number of rotatable bonds is 6. The largest absolute Gasteiger partial charge is 0.493 e. The molecule has 0 aromatic heterocycles. The molecule has 0 aliphatic carbocycles. The van der Waals surface area contributed by atoms with Gasteiger partial charge in [-0.05, 0) is 12.8 Å². The van der Waals surface area contributed by atoms with Crippen molar-refractivity contribution in [3.8, 4) is 11.5 Å². The molecule has 1 aromatic rings. The second-order valence-corrected chi connectivity index (χ2v) is 3.95. The van der Waals surface area contributed by atoms with Crippen LogP contribution >= 0.6 is 0 Å². The van der Waals surface area contributed by atoms with Crippen molar-refractivity contribution in [2.24, 2.45) is 0 Å². The third-order valence-electron chi connectivity index (χ3n) is 2.90. The quantitative estimate of drug-likeness (QED) is 0.748. The Morgan fingerprint density at radius 3 is 2.12 bits per heavy atom. The third kappa shape index (κ3) is 3.19.